The highest BCUT2D eigenvalue weighted by atomic mass is 32.2. The standard InChI is InChI=1S/C20H23F2O4PS/c1-4-8-19(23)28-14-13-25-27(24,20(21,22)15(2)3)26-18-12-7-10-16-9-5-6-11-17(16)18/h5-7,9-12H,2,4,8,13-14H2,1,3H3. The average molecular weight is 428 g/mol. The van der Waals surface area contributed by atoms with Gasteiger partial charge in [0.15, 0.2) is 5.12 Å². The second kappa shape index (κ2) is 9.68. The monoisotopic (exact) mass is 428 g/mol. The summed E-state index contributed by atoms with van der Waals surface area (Å²) in [5.41, 5.74) is -4.49. The fourth-order valence-electron chi connectivity index (χ4n) is 2.39. The summed E-state index contributed by atoms with van der Waals surface area (Å²) in [5.74, 6) is 0.144. The molecule has 0 spiro atoms. The molecule has 0 aliphatic rings. The minimum atomic E-state index is -4.94. The van der Waals surface area contributed by atoms with Crippen molar-refractivity contribution < 1.29 is 27.2 Å². The quantitative estimate of drug-likeness (QED) is 0.241. The fourth-order valence-corrected chi connectivity index (χ4v) is 4.81. The van der Waals surface area contributed by atoms with Crippen LogP contribution < -0.4 is 4.52 Å². The zero-order valence-electron chi connectivity index (χ0n) is 15.8. The summed E-state index contributed by atoms with van der Waals surface area (Å²) in [4.78, 5) is 11.6. The molecule has 8 heteroatoms. The number of hydrogen-bond acceptors (Lipinski definition) is 5. The Hall–Kier alpha value is -1.69. The van der Waals surface area contributed by atoms with Gasteiger partial charge in [-0.05, 0) is 24.8 Å². The van der Waals surface area contributed by atoms with Crippen molar-refractivity contribution in [2.24, 2.45) is 0 Å². The number of alkyl halides is 2. The largest absolute Gasteiger partial charge is 0.452 e. The van der Waals surface area contributed by atoms with Gasteiger partial charge in [-0.2, -0.15) is 8.78 Å². The van der Waals surface area contributed by atoms with Crippen molar-refractivity contribution in [3.05, 3.63) is 54.6 Å². The number of thioether (sulfide) groups is 1. The predicted molar refractivity (Wildman–Crippen MR) is 110 cm³/mol. The molecule has 1 unspecified atom stereocenters. The van der Waals surface area contributed by atoms with E-state index in [2.05, 4.69) is 6.58 Å². The molecule has 0 aliphatic carbocycles. The van der Waals surface area contributed by atoms with Crippen LogP contribution in [0.4, 0.5) is 8.78 Å². The van der Waals surface area contributed by atoms with Gasteiger partial charge in [-0.25, -0.2) is 4.57 Å². The summed E-state index contributed by atoms with van der Waals surface area (Å²) in [5, 5.41) is 1.23. The third-order valence-electron chi connectivity index (χ3n) is 3.89. The maximum atomic E-state index is 14.7. The fraction of sp³-hybridized carbons (Fsp3) is 0.350. The van der Waals surface area contributed by atoms with Crippen LogP contribution in [0, 0.1) is 0 Å². The minimum absolute atomic E-state index is 0.0390. The Balaban J connectivity index is 2.25. The van der Waals surface area contributed by atoms with E-state index in [1.807, 2.05) is 6.92 Å². The first-order valence-corrected chi connectivity index (χ1v) is 11.4. The molecule has 0 fully saturated rings. The van der Waals surface area contributed by atoms with E-state index in [-0.39, 0.29) is 23.2 Å². The molecule has 0 N–H and O–H groups in total. The first kappa shape index (κ1) is 22.6. The first-order valence-electron chi connectivity index (χ1n) is 8.82. The van der Waals surface area contributed by atoms with Crippen LogP contribution in [0.15, 0.2) is 54.6 Å². The van der Waals surface area contributed by atoms with Crippen molar-refractivity contribution in [3.8, 4) is 5.75 Å². The van der Waals surface area contributed by atoms with E-state index in [1.54, 1.807) is 36.4 Å². The lowest BCUT2D eigenvalue weighted by molar-refractivity contribution is -0.111. The normalized spacial score (nSPS) is 13.9. The number of allylic oxidation sites excluding steroid dienone is 1. The van der Waals surface area contributed by atoms with Gasteiger partial charge < -0.3 is 4.52 Å². The van der Waals surface area contributed by atoms with Crippen LogP contribution in [0.2, 0.25) is 0 Å². The molecule has 0 saturated heterocycles. The van der Waals surface area contributed by atoms with Gasteiger partial charge in [0, 0.05) is 23.1 Å². The van der Waals surface area contributed by atoms with E-state index >= 15 is 0 Å². The Bertz CT molecular complexity index is 895. The van der Waals surface area contributed by atoms with Gasteiger partial charge in [0.05, 0.1) is 6.61 Å². The molecule has 2 aromatic rings. The van der Waals surface area contributed by atoms with Gasteiger partial charge in [0.2, 0.25) is 0 Å². The second-order valence-electron chi connectivity index (χ2n) is 6.19. The van der Waals surface area contributed by atoms with Crippen LogP contribution in [-0.2, 0) is 13.9 Å². The van der Waals surface area contributed by atoms with Gasteiger partial charge in [-0.3, -0.25) is 9.32 Å². The lowest BCUT2D eigenvalue weighted by atomic mass is 10.1. The Kier molecular flexibility index (Phi) is 7.81. The molecular formula is C20H23F2O4PS. The number of benzene rings is 2. The van der Waals surface area contributed by atoms with Crippen molar-refractivity contribution in [3.63, 3.8) is 0 Å². The van der Waals surface area contributed by atoms with Crippen LogP contribution in [0.5, 0.6) is 5.75 Å². The molecule has 0 aliphatic heterocycles. The highest BCUT2D eigenvalue weighted by Crippen LogP contribution is 2.64. The minimum Gasteiger partial charge on any atom is -0.420 e. The van der Waals surface area contributed by atoms with E-state index < -0.39 is 18.8 Å². The number of hydrogen-bond donors (Lipinski definition) is 0. The Morgan fingerprint density at radius 3 is 2.57 bits per heavy atom. The maximum Gasteiger partial charge on any atom is 0.452 e. The summed E-state index contributed by atoms with van der Waals surface area (Å²) in [6, 6.07) is 11.9. The molecule has 4 nitrogen and oxygen atoms in total. The number of carbonyl (C=O) groups excluding carboxylic acids is 1. The van der Waals surface area contributed by atoms with E-state index in [0.29, 0.717) is 18.2 Å². The molecule has 2 rings (SSSR count). The molecule has 0 radical (unpaired) electrons. The molecule has 152 valence electrons. The van der Waals surface area contributed by atoms with Crippen LogP contribution in [0.25, 0.3) is 10.8 Å². The highest BCUT2D eigenvalue weighted by Gasteiger charge is 2.56. The third kappa shape index (κ3) is 5.22. The summed E-state index contributed by atoms with van der Waals surface area (Å²) in [7, 11) is -4.94. The Labute approximate surface area is 167 Å². The van der Waals surface area contributed by atoms with E-state index in [9.17, 15) is 18.1 Å². The molecule has 0 heterocycles. The van der Waals surface area contributed by atoms with E-state index in [1.165, 1.54) is 6.07 Å². The predicted octanol–water partition coefficient (Wildman–Crippen LogP) is 6.66. The Morgan fingerprint density at radius 1 is 1.21 bits per heavy atom. The van der Waals surface area contributed by atoms with Crippen molar-refractivity contribution in [1.29, 1.82) is 0 Å². The van der Waals surface area contributed by atoms with Gasteiger partial charge in [-0.15, -0.1) is 0 Å². The van der Waals surface area contributed by atoms with E-state index in [0.717, 1.165) is 24.1 Å². The maximum absolute atomic E-state index is 14.7. The lowest BCUT2D eigenvalue weighted by Crippen LogP contribution is -2.23. The zero-order valence-corrected chi connectivity index (χ0v) is 17.5. The van der Waals surface area contributed by atoms with Crippen molar-refractivity contribution >= 4 is 35.2 Å². The molecule has 0 bridgehead atoms. The number of rotatable bonds is 10. The first-order chi connectivity index (χ1) is 13.2. The molecular weight excluding hydrogens is 405 g/mol. The van der Waals surface area contributed by atoms with Crippen LogP contribution in [0.3, 0.4) is 0 Å². The smallest absolute Gasteiger partial charge is 0.420 e. The van der Waals surface area contributed by atoms with Gasteiger partial charge in [-0.1, -0.05) is 61.7 Å². The Morgan fingerprint density at radius 2 is 1.89 bits per heavy atom. The van der Waals surface area contributed by atoms with Gasteiger partial charge in [0.1, 0.15) is 5.75 Å². The SMILES string of the molecule is C=C(C)C(F)(F)P(=O)(OCCSC(=O)CCC)Oc1cccc2ccccc12. The average Bonchev–Trinajstić information content (AvgIpc) is 2.65. The number of carbonyl (C=O) groups is 1. The van der Waals surface area contributed by atoms with Gasteiger partial charge in [0.25, 0.3) is 0 Å². The number of halogens is 2. The molecule has 2 aromatic carbocycles. The van der Waals surface area contributed by atoms with Crippen molar-refractivity contribution in [1.82, 2.24) is 0 Å². The molecule has 0 saturated carbocycles. The topological polar surface area (TPSA) is 52.6 Å². The summed E-state index contributed by atoms with van der Waals surface area (Å²) in [6.07, 6.45) is 1.08. The molecule has 0 amide bonds. The zero-order chi connectivity index (χ0) is 20.8. The van der Waals surface area contributed by atoms with Crippen molar-refractivity contribution in [2.45, 2.75) is 32.4 Å². The van der Waals surface area contributed by atoms with Crippen LogP contribution in [0.1, 0.15) is 26.7 Å². The lowest BCUT2D eigenvalue weighted by Gasteiger charge is -2.27. The summed E-state index contributed by atoms with van der Waals surface area (Å²) < 4.78 is 52.9. The summed E-state index contributed by atoms with van der Waals surface area (Å²) in [6.45, 7) is 5.86. The van der Waals surface area contributed by atoms with Crippen molar-refractivity contribution in [2.75, 3.05) is 12.4 Å². The van der Waals surface area contributed by atoms with Crippen LogP contribution in [-0.4, -0.2) is 23.1 Å². The molecule has 28 heavy (non-hydrogen) atoms. The highest BCUT2D eigenvalue weighted by molar-refractivity contribution is 8.13. The molecule has 0 aromatic heterocycles. The van der Waals surface area contributed by atoms with E-state index in [4.69, 9.17) is 9.05 Å². The molecule has 1 atom stereocenters. The van der Waals surface area contributed by atoms with Gasteiger partial charge >= 0.3 is 13.3 Å². The second-order valence-corrected chi connectivity index (χ2v) is 9.34. The third-order valence-corrected chi connectivity index (χ3v) is 6.81. The summed E-state index contributed by atoms with van der Waals surface area (Å²) >= 11 is 0.962. The number of fused-ring (bicyclic) bond motifs is 1. The van der Waals surface area contributed by atoms with Crippen LogP contribution >= 0.6 is 19.4 Å².